The Labute approximate surface area is 126 Å². The summed E-state index contributed by atoms with van der Waals surface area (Å²) in [6, 6.07) is 13.9. The van der Waals surface area contributed by atoms with Crippen molar-refractivity contribution in [2.24, 2.45) is 0 Å². The predicted molar refractivity (Wildman–Crippen MR) is 78.2 cm³/mol. The Morgan fingerprint density at radius 2 is 1.59 bits per heavy atom. The summed E-state index contributed by atoms with van der Waals surface area (Å²) >= 11 is 0. The Morgan fingerprint density at radius 1 is 0.955 bits per heavy atom. The fourth-order valence-corrected chi connectivity index (χ4v) is 1.86. The Bertz CT molecular complexity index is 610. The molecule has 3 nitrogen and oxygen atoms in total. The van der Waals surface area contributed by atoms with E-state index in [1.807, 2.05) is 30.3 Å². The van der Waals surface area contributed by atoms with Crippen molar-refractivity contribution in [1.82, 2.24) is 5.32 Å². The molecular weight excluding hydrogens is 293 g/mol. The number of nitrogens with one attached hydrogen (secondary N) is 2. The molecule has 0 saturated carbocycles. The van der Waals surface area contributed by atoms with Crippen LogP contribution in [0.15, 0.2) is 54.6 Å². The maximum Gasteiger partial charge on any atom is 0.416 e. The summed E-state index contributed by atoms with van der Waals surface area (Å²) in [6.45, 7) is 0.622. The molecule has 0 bridgehead atoms. The van der Waals surface area contributed by atoms with Crippen LogP contribution in [0.2, 0.25) is 0 Å². The summed E-state index contributed by atoms with van der Waals surface area (Å²) in [7, 11) is 0. The molecule has 2 aromatic carbocycles. The van der Waals surface area contributed by atoms with Gasteiger partial charge in [0.15, 0.2) is 0 Å². The van der Waals surface area contributed by atoms with Gasteiger partial charge in [-0.25, -0.2) is 0 Å². The Kier molecular flexibility index (Phi) is 5.16. The van der Waals surface area contributed by atoms with Crippen molar-refractivity contribution < 1.29 is 18.0 Å². The highest BCUT2D eigenvalue weighted by Crippen LogP contribution is 2.29. The average Bonchev–Trinajstić information content (AvgIpc) is 2.48. The molecule has 0 saturated heterocycles. The molecule has 1 amide bonds. The van der Waals surface area contributed by atoms with E-state index in [2.05, 4.69) is 10.6 Å². The van der Waals surface area contributed by atoms with Crippen LogP contribution in [0, 0.1) is 0 Å². The molecule has 0 aliphatic carbocycles. The van der Waals surface area contributed by atoms with Crippen LogP contribution >= 0.6 is 0 Å². The molecule has 0 heterocycles. The number of alkyl halides is 3. The predicted octanol–water partition coefficient (Wildman–Crippen LogP) is 3.43. The summed E-state index contributed by atoms with van der Waals surface area (Å²) in [4.78, 5) is 11.7. The number of hydrogen-bond acceptors (Lipinski definition) is 2. The van der Waals surface area contributed by atoms with E-state index in [9.17, 15) is 18.0 Å². The van der Waals surface area contributed by atoms with Crippen molar-refractivity contribution in [3.8, 4) is 0 Å². The van der Waals surface area contributed by atoms with E-state index in [1.54, 1.807) is 0 Å². The van der Waals surface area contributed by atoms with Crippen LogP contribution in [0.3, 0.4) is 0 Å². The molecule has 0 aliphatic heterocycles. The topological polar surface area (TPSA) is 41.1 Å². The lowest BCUT2D eigenvalue weighted by atomic mass is 10.2. The van der Waals surface area contributed by atoms with Crippen molar-refractivity contribution >= 4 is 11.6 Å². The zero-order chi connectivity index (χ0) is 16.0. The Hall–Kier alpha value is -2.34. The SMILES string of the molecule is O=C(CNCc1ccccc1)Nc1ccc(C(F)(F)F)cc1. The second kappa shape index (κ2) is 7.09. The van der Waals surface area contributed by atoms with E-state index in [4.69, 9.17) is 0 Å². The third-order valence-corrected chi connectivity index (χ3v) is 2.95. The van der Waals surface area contributed by atoms with Gasteiger partial charge in [-0.3, -0.25) is 4.79 Å². The first-order chi connectivity index (χ1) is 10.4. The van der Waals surface area contributed by atoms with Crippen LogP contribution < -0.4 is 10.6 Å². The van der Waals surface area contributed by atoms with E-state index in [0.717, 1.165) is 17.7 Å². The molecule has 6 heteroatoms. The van der Waals surface area contributed by atoms with Gasteiger partial charge in [-0.1, -0.05) is 30.3 Å². The minimum absolute atomic E-state index is 0.0793. The monoisotopic (exact) mass is 308 g/mol. The van der Waals surface area contributed by atoms with E-state index < -0.39 is 11.7 Å². The molecule has 0 unspecified atom stereocenters. The van der Waals surface area contributed by atoms with Crippen molar-refractivity contribution in [2.45, 2.75) is 12.7 Å². The smallest absolute Gasteiger partial charge is 0.325 e. The number of anilines is 1. The molecule has 0 atom stereocenters. The zero-order valence-electron chi connectivity index (χ0n) is 11.7. The van der Waals surface area contributed by atoms with E-state index in [0.29, 0.717) is 12.2 Å². The molecule has 2 aromatic rings. The number of rotatable bonds is 5. The molecule has 22 heavy (non-hydrogen) atoms. The van der Waals surface area contributed by atoms with Crippen LogP contribution in [0.4, 0.5) is 18.9 Å². The van der Waals surface area contributed by atoms with Gasteiger partial charge in [0.1, 0.15) is 0 Å². The van der Waals surface area contributed by atoms with Gasteiger partial charge in [-0.15, -0.1) is 0 Å². The van der Waals surface area contributed by atoms with E-state index >= 15 is 0 Å². The molecule has 2 N–H and O–H groups in total. The summed E-state index contributed by atoms with van der Waals surface area (Å²) < 4.78 is 37.2. The molecule has 116 valence electrons. The van der Waals surface area contributed by atoms with Crippen molar-refractivity contribution in [1.29, 1.82) is 0 Å². The first-order valence-electron chi connectivity index (χ1n) is 6.67. The number of benzene rings is 2. The number of hydrogen-bond donors (Lipinski definition) is 2. The lowest BCUT2D eigenvalue weighted by molar-refractivity contribution is -0.137. The Balaban J connectivity index is 1.79. The first kappa shape index (κ1) is 16.0. The van der Waals surface area contributed by atoms with Crippen molar-refractivity contribution in [3.63, 3.8) is 0 Å². The molecule has 0 radical (unpaired) electrons. The van der Waals surface area contributed by atoms with Gasteiger partial charge in [-0.05, 0) is 29.8 Å². The summed E-state index contributed by atoms with van der Waals surface area (Å²) in [5.74, 6) is -0.310. The van der Waals surface area contributed by atoms with Crippen LogP contribution in [-0.2, 0) is 17.5 Å². The summed E-state index contributed by atoms with van der Waals surface area (Å²) in [5, 5.41) is 5.50. The molecule has 2 rings (SSSR count). The maximum absolute atomic E-state index is 12.4. The van der Waals surface area contributed by atoms with Gasteiger partial charge in [0.2, 0.25) is 5.91 Å². The van der Waals surface area contributed by atoms with Crippen molar-refractivity contribution in [2.75, 3.05) is 11.9 Å². The number of carbonyl (C=O) groups excluding carboxylic acids is 1. The number of amides is 1. The second-order valence-corrected chi connectivity index (χ2v) is 4.71. The maximum atomic E-state index is 12.4. The fourth-order valence-electron chi connectivity index (χ4n) is 1.86. The highest BCUT2D eigenvalue weighted by atomic mass is 19.4. The largest absolute Gasteiger partial charge is 0.416 e. The van der Waals surface area contributed by atoms with E-state index in [-0.39, 0.29) is 12.5 Å². The lowest BCUT2D eigenvalue weighted by Gasteiger charge is -2.09. The van der Waals surface area contributed by atoms with Crippen LogP contribution in [-0.4, -0.2) is 12.5 Å². The fraction of sp³-hybridized carbons (Fsp3) is 0.188. The zero-order valence-corrected chi connectivity index (χ0v) is 11.7. The standard InChI is InChI=1S/C16H15F3N2O/c17-16(18,19)13-6-8-14(9-7-13)21-15(22)11-20-10-12-4-2-1-3-5-12/h1-9,20H,10-11H2,(H,21,22). The molecule has 0 aliphatic rings. The van der Waals surface area contributed by atoms with Gasteiger partial charge in [-0.2, -0.15) is 13.2 Å². The normalized spacial score (nSPS) is 11.2. The lowest BCUT2D eigenvalue weighted by Crippen LogP contribution is -2.27. The highest BCUT2D eigenvalue weighted by molar-refractivity contribution is 5.92. The van der Waals surface area contributed by atoms with Gasteiger partial charge in [0.05, 0.1) is 12.1 Å². The first-order valence-corrected chi connectivity index (χ1v) is 6.67. The molecule has 0 aromatic heterocycles. The number of carbonyl (C=O) groups is 1. The van der Waals surface area contributed by atoms with Gasteiger partial charge in [0.25, 0.3) is 0 Å². The third kappa shape index (κ3) is 4.89. The van der Waals surface area contributed by atoms with Crippen LogP contribution in [0.1, 0.15) is 11.1 Å². The van der Waals surface area contributed by atoms with E-state index in [1.165, 1.54) is 12.1 Å². The Morgan fingerprint density at radius 3 is 2.18 bits per heavy atom. The second-order valence-electron chi connectivity index (χ2n) is 4.71. The van der Waals surface area contributed by atoms with Crippen molar-refractivity contribution in [3.05, 3.63) is 65.7 Å². The van der Waals surface area contributed by atoms with Gasteiger partial charge < -0.3 is 10.6 Å². The van der Waals surface area contributed by atoms with Gasteiger partial charge >= 0.3 is 6.18 Å². The minimum atomic E-state index is -4.38. The van der Waals surface area contributed by atoms with Crippen LogP contribution in [0.5, 0.6) is 0 Å². The number of halogens is 3. The van der Waals surface area contributed by atoms with Gasteiger partial charge in [0, 0.05) is 12.2 Å². The quantitative estimate of drug-likeness (QED) is 0.888. The third-order valence-electron chi connectivity index (χ3n) is 2.95. The average molecular weight is 308 g/mol. The summed E-state index contributed by atoms with van der Waals surface area (Å²) in [5.41, 5.74) is 0.636. The molecular formula is C16H15F3N2O. The molecule has 0 fully saturated rings. The molecule has 0 spiro atoms. The highest BCUT2D eigenvalue weighted by Gasteiger charge is 2.29. The summed E-state index contributed by atoms with van der Waals surface area (Å²) in [6.07, 6.45) is -4.38. The van der Waals surface area contributed by atoms with Crippen LogP contribution in [0.25, 0.3) is 0 Å². The minimum Gasteiger partial charge on any atom is -0.325 e.